The molecule has 22 heavy (non-hydrogen) atoms. The maximum Gasteiger partial charge on any atom is 0.224 e. The molecule has 1 aromatic carbocycles. The highest BCUT2D eigenvalue weighted by molar-refractivity contribution is 5.79. The van der Waals surface area contributed by atoms with Gasteiger partial charge < -0.3 is 10.2 Å². The Labute approximate surface area is 131 Å². The van der Waals surface area contributed by atoms with Gasteiger partial charge in [-0.05, 0) is 24.1 Å². The molecule has 1 N–H and O–H groups in total. The molecule has 0 bridgehead atoms. The fraction of sp³-hybridized carbons (Fsp3) is 0.412. The molecule has 1 amide bonds. The summed E-state index contributed by atoms with van der Waals surface area (Å²) in [6, 6.07) is 8.07. The second kappa shape index (κ2) is 7.11. The largest absolute Gasteiger partial charge is 0.378 e. The minimum absolute atomic E-state index is 0.0160. The second-order valence-corrected chi connectivity index (χ2v) is 5.71. The minimum Gasteiger partial charge on any atom is -0.378 e. The summed E-state index contributed by atoms with van der Waals surface area (Å²) in [6.07, 6.45) is 4.99. The first kappa shape index (κ1) is 16.1. The number of nitrogens with zero attached hydrogens (tertiary/aromatic N) is 3. The van der Waals surface area contributed by atoms with Crippen LogP contribution in [0.2, 0.25) is 0 Å². The Kier molecular flexibility index (Phi) is 5.20. The smallest absolute Gasteiger partial charge is 0.224 e. The average molecular weight is 300 g/mol. The summed E-state index contributed by atoms with van der Waals surface area (Å²) in [5, 5.41) is 7.24. The normalized spacial score (nSPS) is 12.0. The number of nitrogens with one attached hydrogen (secondary N) is 1. The lowest BCUT2D eigenvalue weighted by molar-refractivity contribution is -0.121. The van der Waals surface area contributed by atoms with Crippen molar-refractivity contribution in [1.82, 2.24) is 15.1 Å². The molecule has 5 nitrogen and oxygen atoms in total. The van der Waals surface area contributed by atoms with Gasteiger partial charge >= 0.3 is 0 Å². The Morgan fingerprint density at radius 1 is 1.32 bits per heavy atom. The zero-order chi connectivity index (χ0) is 16.1. The number of amides is 1. The number of aromatic nitrogens is 2. The fourth-order valence-electron chi connectivity index (χ4n) is 2.38. The van der Waals surface area contributed by atoms with E-state index in [1.165, 1.54) is 0 Å². The summed E-state index contributed by atoms with van der Waals surface area (Å²) in [5.74, 6) is 0.0355. The van der Waals surface area contributed by atoms with Gasteiger partial charge in [-0.1, -0.05) is 19.1 Å². The summed E-state index contributed by atoms with van der Waals surface area (Å²) in [6.45, 7) is 2.06. The molecule has 1 heterocycles. The summed E-state index contributed by atoms with van der Waals surface area (Å²) in [4.78, 5) is 14.3. The third kappa shape index (κ3) is 4.10. The highest BCUT2D eigenvalue weighted by Crippen LogP contribution is 2.16. The van der Waals surface area contributed by atoms with Gasteiger partial charge in [0.2, 0.25) is 5.91 Å². The molecule has 1 atom stereocenters. The van der Waals surface area contributed by atoms with Crippen molar-refractivity contribution in [2.24, 2.45) is 7.05 Å². The Morgan fingerprint density at radius 3 is 2.50 bits per heavy atom. The van der Waals surface area contributed by atoms with E-state index in [0.717, 1.165) is 23.2 Å². The monoisotopic (exact) mass is 300 g/mol. The zero-order valence-electron chi connectivity index (χ0n) is 13.7. The molecule has 0 fully saturated rings. The van der Waals surface area contributed by atoms with Crippen molar-refractivity contribution < 1.29 is 4.79 Å². The van der Waals surface area contributed by atoms with Crippen molar-refractivity contribution in [3.63, 3.8) is 0 Å². The van der Waals surface area contributed by atoms with Crippen molar-refractivity contribution in [3.8, 4) is 0 Å². The topological polar surface area (TPSA) is 50.2 Å². The molecule has 2 rings (SSSR count). The third-order valence-corrected chi connectivity index (χ3v) is 3.69. The Bertz CT molecular complexity index is 616. The summed E-state index contributed by atoms with van der Waals surface area (Å²) < 4.78 is 1.75. The molecule has 118 valence electrons. The van der Waals surface area contributed by atoms with Gasteiger partial charge in [0.25, 0.3) is 0 Å². The molecule has 2 aromatic rings. The van der Waals surface area contributed by atoms with Crippen LogP contribution in [0.25, 0.3) is 0 Å². The molecule has 1 aromatic heterocycles. The van der Waals surface area contributed by atoms with Crippen LogP contribution >= 0.6 is 0 Å². The van der Waals surface area contributed by atoms with Gasteiger partial charge in [-0.2, -0.15) is 5.10 Å². The van der Waals surface area contributed by atoms with Crippen molar-refractivity contribution >= 4 is 11.6 Å². The third-order valence-electron chi connectivity index (χ3n) is 3.69. The molecule has 0 saturated heterocycles. The quantitative estimate of drug-likeness (QED) is 0.890. The Hall–Kier alpha value is -2.30. The summed E-state index contributed by atoms with van der Waals surface area (Å²) in [5.41, 5.74) is 3.19. The highest BCUT2D eigenvalue weighted by atomic mass is 16.1. The molecular weight excluding hydrogens is 276 g/mol. The van der Waals surface area contributed by atoms with Gasteiger partial charge in [0, 0.05) is 38.6 Å². The van der Waals surface area contributed by atoms with E-state index in [9.17, 15) is 4.79 Å². The van der Waals surface area contributed by atoms with E-state index in [1.54, 1.807) is 10.9 Å². The van der Waals surface area contributed by atoms with Crippen molar-refractivity contribution in [2.45, 2.75) is 25.8 Å². The molecule has 0 aliphatic carbocycles. The predicted molar refractivity (Wildman–Crippen MR) is 88.9 cm³/mol. The molecule has 0 saturated carbocycles. The first-order valence-electron chi connectivity index (χ1n) is 7.53. The van der Waals surface area contributed by atoms with Gasteiger partial charge in [0.1, 0.15) is 0 Å². The van der Waals surface area contributed by atoms with Crippen molar-refractivity contribution in [1.29, 1.82) is 0 Å². The van der Waals surface area contributed by atoms with Gasteiger partial charge in [-0.3, -0.25) is 9.48 Å². The van der Waals surface area contributed by atoms with Crippen LogP contribution in [0.1, 0.15) is 30.5 Å². The maximum atomic E-state index is 12.2. The number of anilines is 1. The van der Waals surface area contributed by atoms with Crippen LogP contribution in [0.5, 0.6) is 0 Å². The van der Waals surface area contributed by atoms with Crippen molar-refractivity contribution in [3.05, 3.63) is 47.8 Å². The molecule has 0 aliphatic rings. The predicted octanol–water partition coefficient (Wildman–Crippen LogP) is 2.30. The number of benzene rings is 1. The minimum atomic E-state index is 0.0160. The van der Waals surface area contributed by atoms with Crippen LogP contribution in [0.3, 0.4) is 0 Å². The molecule has 0 unspecified atom stereocenters. The fourth-order valence-corrected chi connectivity index (χ4v) is 2.38. The Balaban J connectivity index is 1.96. The SMILES string of the molecule is CC[C@@H](NC(=O)Cc1ccc(N(C)C)cc1)c1cnn(C)c1. The lowest BCUT2D eigenvalue weighted by Crippen LogP contribution is -2.29. The van der Waals surface area contributed by atoms with Crippen LogP contribution in [-0.2, 0) is 18.3 Å². The molecule has 0 aliphatic heterocycles. The van der Waals surface area contributed by atoms with E-state index in [0.29, 0.717) is 6.42 Å². The molecule has 0 radical (unpaired) electrons. The number of aryl methyl sites for hydroxylation is 1. The first-order chi connectivity index (χ1) is 10.5. The average Bonchev–Trinajstić information content (AvgIpc) is 2.91. The van der Waals surface area contributed by atoms with Crippen LogP contribution < -0.4 is 10.2 Å². The van der Waals surface area contributed by atoms with E-state index < -0.39 is 0 Å². The zero-order valence-corrected chi connectivity index (χ0v) is 13.7. The first-order valence-corrected chi connectivity index (χ1v) is 7.53. The van der Waals surface area contributed by atoms with Crippen LogP contribution in [0.15, 0.2) is 36.7 Å². The molecule has 0 spiro atoms. The van der Waals surface area contributed by atoms with E-state index in [4.69, 9.17) is 0 Å². The number of hydrogen-bond donors (Lipinski definition) is 1. The summed E-state index contributed by atoms with van der Waals surface area (Å²) in [7, 11) is 5.88. The van der Waals surface area contributed by atoms with Crippen molar-refractivity contribution in [2.75, 3.05) is 19.0 Å². The van der Waals surface area contributed by atoms with Crippen LogP contribution in [0.4, 0.5) is 5.69 Å². The van der Waals surface area contributed by atoms with E-state index in [1.807, 2.05) is 56.5 Å². The van der Waals surface area contributed by atoms with Gasteiger partial charge in [-0.25, -0.2) is 0 Å². The van der Waals surface area contributed by atoms with Gasteiger partial charge in [-0.15, -0.1) is 0 Å². The number of hydrogen-bond acceptors (Lipinski definition) is 3. The van der Waals surface area contributed by atoms with Crippen LogP contribution in [0, 0.1) is 0 Å². The number of rotatable bonds is 6. The van der Waals surface area contributed by atoms with Gasteiger partial charge in [0.05, 0.1) is 18.7 Å². The standard InChI is InChI=1S/C17H24N4O/c1-5-16(14-11-18-21(4)12-14)19-17(22)10-13-6-8-15(9-7-13)20(2)3/h6-9,11-12,16H,5,10H2,1-4H3,(H,19,22)/t16-/m1/s1. The molecular formula is C17H24N4O. The molecule has 5 heteroatoms. The Morgan fingerprint density at radius 2 is 2.00 bits per heavy atom. The van der Waals surface area contributed by atoms with E-state index in [-0.39, 0.29) is 11.9 Å². The summed E-state index contributed by atoms with van der Waals surface area (Å²) >= 11 is 0. The van der Waals surface area contributed by atoms with E-state index >= 15 is 0 Å². The van der Waals surface area contributed by atoms with E-state index in [2.05, 4.69) is 17.3 Å². The lowest BCUT2D eigenvalue weighted by Gasteiger charge is -2.16. The second-order valence-electron chi connectivity index (χ2n) is 5.71. The maximum absolute atomic E-state index is 12.2. The number of carbonyl (C=O) groups is 1. The number of carbonyl (C=O) groups excluding carboxylic acids is 1. The lowest BCUT2D eigenvalue weighted by atomic mass is 10.1. The highest BCUT2D eigenvalue weighted by Gasteiger charge is 2.14. The van der Waals surface area contributed by atoms with Gasteiger partial charge in [0.15, 0.2) is 0 Å². The van der Waals surface area contributed by atoms with Crippen LogP contribution in [-0.4, -0.2) is 29.8 Å².